The molecule has 0 aliphatic heterocycles. The number of thiophene rings is 1. The van der Waals surface area contributed by atoms with Gasteiger partial charge in [-0.1, -0.05) is 75.4 Å². The maximum absolute atomic E-state index is 13.1. The van der Waals surface area contributed by atoms with Gasteiger partial charge in [0.25, 0.3) is 5.91 Å². The number of nitrogens with one attached hydrogen (secondary N) is 2. The molecular weight excluding hydrogens is 588 g/mol. The van der Waals surface area contributed by atoms with Crippen LogP contribution in [0.5, 0.6) is 0 Å². The number of carboxylic acids is 1. The molecule has 0 fully saturated rings. The van der Waals surface area contributed by atoms with E-state index in [-0.39, 0.29) is 11.8 Å². The van der Waals surface area contributed by atoms with Crippen LogP contribution in [0.3, 0.4) is 0 Å². The third kappa shape index (κ3) is 8.01. The van der Waals surface area contributed by atoms with E-state index in [0.29, 0.717) is 22.1 Å². The summed E-state index contributed by atoms with van der Waals surface area (Å²) in [7, 11) is 0. The molecule has 0 spiro atoms. The van der Waals surface area contributed by atoms with Crippen LogP contribution in [0, 0.1) is 0 Å². The summed E-state index contributed by atoms with van der Waals surface area (Å²) in [4.78, 5) is 56.4. The lowest BCUT2D eigenvalue weighted by atomic mass is 9.95. The van der Waals surface area contributed by atoms with Gasteiger partial charge in [-0.25, -0.2) is 19.9 Å². The molecule has 228 valence electrons. The summed E-state index contributed by atoms with van der Waals surface area (Å²) in [6, 6.07) is 19.9. The van der Waals surface area contributed by atoms with Gasteiger partial charge in [0.1, 0.15) is 12.6 Å². The van der Waals surface area contributed by atoms with Gasteiger partial charge in [-0.3, -0.25) is 14.4 Å². The Bertz CT molecular complexity index is 1780. The highest BCUT2D eigenvalue weighted by Crippen LogP contribution is 2.29. The molecule has 0 saturated heterocycles. The third-order valence-corrected chi connectivity index (χ3v) is 8.44. The predicted octanol–water partition coefficient (Wildman–Crippen LogP) is 5.17. The molecule has 0 unspecified atom stereocenters. The Labute approximate surface area is 264 Å². The smallest absolute Gasteiger partial charge is 0.322 e. The van der Waals surface area contributed by atoms with Gasteiger partial charge in [-0.15, -0.1) is 11.3 Å². The van der Waals surface area contributed by atoms with Gasteiger partial charge in [0.05, 0.1) is 10.4 Å². The fourth-order valence-corrected chi connectivity index (χ4v) is 5.43. The van der Waals surface area contributed by atoms with Gasteiger partial charge in [-0.05, 0) is 28.7 Å². The van der Waals surface area contributed by atoms with E-state index in [9.17, 15) is 14.4 Å². The lowest BCUT2D eigenvalue weighted by Gasteiger charge is -2.18. The molecule has 3 aromatic heterocycles. The van der Waals surface area contributed by atoms with Crippen molar-refractivity contribution in [3.63, 3.8) is 0 Å². The molecule has 45 heavy (non-hydrogen) atoms. The molecule has 11 heteroatoms. The van der Waals surface area contributed by atoms with E-state index in [1.54, 1.807) is 30.9 Å². The minimum absolute atomic E-state index is 0.116. The van der Waals surface area contributed by atoms with Crippen LogP contribution in [-0.4, -0.2) is 55.4 Å². The summed E-state index contributed by atoms with van der Waals surface area (Å²) >= 11 is 1.37. The molecule has 5 aromatic rings. The third-order valence-electron chi connectivity index (χ3n) is 6.93. The Balaban J connectivity index is 1.27. The van der Waals surface area contributed by atoms with Crippen LogP contribution in [0.25, 0.3) is 33.9 Å². The normalized spacial score (nSPS) is 11.9. The number of amides is 2. The van der Waals surface area contributed by atoms with Gasteiger partial charge in [0.2, 0.25) is 5.91 Å². The molecular formula is C34H32N6O4S. The van der Waals surface area contributed by atoms with Gasteiger partial charge in [0.15, 0.2) is 11.6 Å². The number of carbonyl (C=O) groups excluding carboxylic acids is 2. The van der Waals surface area contributed by atoms with Crippen molar-refractivity contribution in [3.8, 4) is 33.9 Å². The number of hydrogen-bond donors (Lipinski definition) is 3. The summed E-state index contributed by atoms with van der Waals surface area (Å²) in [6.07, 6.45) is 7.03. The van der Waals surface area contributed by atoms with Crippen LogP contribution in [0.2, 0.25) is 0 Å². The Morgan fingerprint density at radius 3 is 1.93 bits per heavy atom. The Morgan fingerprint density at radius 2 is 1.36 bits per heavy atom. The molecule has 0 aliphatic rings. The van der Waals surface area contributed by atoms with Crippen molar-refractivity contribution in [2.24, 2.45) is 0 Å². The van der Waals surface area contributed by atoms with Crippen LogP contribution in [0.1, 0.15) is 40.9 Å². The number of benzene rings is 2. The first kappa shape index (κ1) is 31.1. The number of rotatable bonds is 10. The molecule has 0 radical (unpaired) electrons. The second kappa shape index (κ2) is 13.6. The Kier molecular flexibility index (Phi) is 9.39. The van der Waals surface area contributed by atoms with Gasteiger partial charge in [0, 0.05) is 47.2 Å². The lowest BCUT2D eigenvalue weighted by molar-refractivity contribution is -0.138. The van der Waals surface area contributed by atoms with Gasteiger partial charge >= 0.3 is 5.97 Å². The molecule has 2 aromatic carbocycles. The first-order chi connectivity index (χ1) is 21.6. The fraction of sp³-hybridized carbons (Fsp3) is 0.206. The minimum Gasteiger partial charge on any atom is -0.480 e. The van der Waals surface area contributed by atoms with Crippen molar-refractivity contribution < 1.29 is 19.5 Å². The number of hydrogen-bond acceptors (Lipinski definition) is 8. The summed E-state index contributed by atoms with van der Waals surface area (Å²) in [6.45, 7) is 5.63. The van der Waals surface area contributed by atoms with Crippen molar-refractivity contribution in [3.05, 3.63) is 107 Å². The van der Waals surface area contributed by atoms with Crippen molar-refractivity contribution in [1.29, 1.82) is 0 Å². The maximum Gasteiger partial charge on any atom is 0.322 e. The van der Waals surface area contributed by atoms with Crippen LogP contribution in [0.15, 0.2) is 91.5 Å². The SMILES string of the molecule is CC(C)(C)c1ccc(C(=O)N[C@@H](Cc2ccc(-c3ncc(-c4ncc(-c5ccccc5)cn4)cn3)cc2)C(=O)NCC(=O)O)s1. The highest BCUT2D eigenvalue weighted by molar-refractivity contribution is 7.14. The van der Waals surface area contributed by atoms with Crippen LogP contribution < -0.4 is 10.6 Å². The van der Waals surface area contributed by atoms with Crippen LogP contribution in [0.4, 0.5) is 0 Å². The number of carbonyl (C=O) groups is 3. The summed E-state index contributed by atoms with van der Waals surface area (Å²) < 4.78 is 0. The van der Waals surface area contributed by atoms with E-state index in [1.807, 2.05) is 60.7 Å². The Morgan fingerprint density at radius 1 is 0.756 bits per heavy atom. The van der Waals surface area contributed by atoms with E-state index in [1.165, 1.54) is 11.3 Å². The van der Waals surface area contributed by atoms with Crippen molar-refractivity contribution >= 4 is 29.1 Å². The van der Waals surface area contributed by atoms with E-state index in [4.69, 9.17) is 5.11 Å². The quantitative estimate of drug-likeness (QED) is 0.194. The molecule has 3 N–H and O–H groups in total. The Hall–Kier alpha value is -5.29. The molecule has 10 nitrogen and oxygen atoms in total. The molecule has 0 aliphatic carbocycles. The van der Waals surface area contributed by atoms with Crippen LogP contribution >= 0.6 is 11.3 Å². The van der Waals surface area contributed by atoms with E-state index < -0.39 is 30.4 Å². The molecule has 5 rings (SSSR count). The van der Waals surface area contributed by atoms with Gasteiger partial charge < -0.3 is 15.7 Å². The molecule has 1 atom stereocenters. The summed E-state index contributed by atoms with van der Waals surface area (Å²) in [5, 5.41) is 14.2. The number of nitrogens with zero attached hydrogens (tertiary/aromatic N) is 4. The maximum atomic E-state index is 13.1. The highest BCUT2D eigenvalue weighted by atomic mass is 32.1. The average molecular weight is 621 g/mol. The summed E-state index contributed by atoms with van der Waals surface area (Å²) in [5.74, 6) is -1.13. The first-order valence-corrected chi connectivity index (χ1v) is 15.1. The molecule has 2 amide bonds. The first-order valence-electron chi connectivity index (χ1n) is 14.3. The standard InChI is InChI=1S/C34H32N6O4S/c1-34(2,3)28-14-13-27(45-28)33(44)40-26(32(43)39-20-29(41)42)15-21-9-11-23(12-10-21)30-37-18-25(19-38-30)31-35-16-24(17-36-31)22-7-5-4-6-8-22/h4-14,16-19,26H,15,20H2,1-3H3,(H,39,43)(H,40,44)(H,41,42)/t26-/m0/s1. The number of aromatic nitrogens is 4. The fourth-order valence-electron chi connectivity index (χ4n) is 4.46. The van der Waals surface area contributed by atoms with E-state index >= 15 is 0 Å². The predicted molar refractivity (Wildman–Crippen MR) is 173 cm³/mol. The van der Waals surface area contributed by atoms with E-state index in [0.717, 1.165) is 27.1 Å². The molecule has 3 heterocycles. The molecule has 0 saturated carbocycles. The average Bonchev–Trinajstić information content (AvgIpc) is 3.56. The highest BCUT2D eigenvalue weighted by Gasteiger charge is 2.25. The second-order valence-corrected chi connectivity index (χ2v) is 12.5. The number of carboxylic acid groups (broad SMARTS) is 1. The molecule has 0 bridgehead atoms. The van der Waals surface area contributed by atoms with Gasteiger partial charge in [-0.2, -0.15) is 0 Å². The van der Waals surface area contributed by atoms with Crippen molar-refractivity contribution in [1.82, 2.24) is 30.6 Å². The van der Waals surface area contributed by atoms with Crippen molar-refractivity contribution in [2.75, 3.05) is 6.54 Å². The zero-order valence-corrected chi connectivity index (χ0v) is 25.8. The lowest BCUT2D eigenvalue weighted by Crippen LogP contribution is -2.49. The second-order valence-electron chi connectivity index (χ2n) is 11.4. The topological polar surface area (TPSA) is 147 Å². The minimum atomic E-state index is -1.17. The summed E-state index contributed by atoms with van der Waals surface area (Å²) in [5.41, 5.74) is 4.04. The zero-order chi connectivity index (χ0) is 32.0. The monoisotopic (exact) mass is 620 g/mol. The van der Waals surface area contributed by atoms with E-state index in [2.05, 4.69) is 51.3 Å². The zero-order valence-electron chi connectivity index (χ0n) is 25.0. The van der Waals surface area contributed by atoms with Crippen molar-refractivity contribution in [2.45, 2.75) is 38.6 Å². The van der Waals surface area contributed by atoms with Crippen LogP contribution in [-0.2, 0) is 21.4 Å². The number of aliphatic carboxylic acids is 1. The largest absolute Gasteiger partial charge is 0.480 e.